The van der Waals surface area contributed by atoms with Gasteiger partial charge in [-0.1, -0.05) is 12.1 Å². The maximum Gasteiger partial charge on any atom is 0.416 e. The number of halogens is 3. The minimum absolute atomic E-state index is 0.149. The molecule has 0 amide bonds. The molecule has 0 unspecified atom stereocenters. The van der Waals surface area contributed by atoms with Crippen LogP contribution in [0.4, 0.5) is 13.2 Å². The molecule has 2 nitrogen and oxygen atoms in total. The molecule has 1 aromatic rings. The van der Waals surface area contributed by atoms with Gasteiger partial charge in [-0.05, 0) is 37.0 Å². The van der Waals surface area contributed by atoms with Crippen molar-refractivity contribution in [1.82, 2.24) is 5.32 Å². The minimum atomic E-state index is -4.32. The Morgan fingerprint density at radius 3 is 2.56 bits per heavy atom. The van der Waals surface area contributed by atoms with E-state index >= 15 is 0 Å². The quantitative estimate of drug-likeness (QED) is 0.841. The summed E-state index contributed by atoms with van der Waals surface area (Å²) in [5, 5.41) is 11.6. The SMILES string of the molecule is N#CCNC1(c2cccc(C(F)(F)F)c2)CCC1. The van der Waals surface area contributed by atoms with Crippen molar-refractivity contribution in [3.63, 3.8) is 0 Å². The van der Waals surface area contributed by atoms with E-state index in [0.29, 0.717) is 5.56 Å². The van der Waals surface area contributed by atoms with E-state index in [1.807, 2.05) is 6.07 Å². The lowest BCUT2D eigenvalue weighted by molar-refractivity contribution is -0.137. The number of nitrogens with one attached hydrogen (secondary N) is 1. The molecule has 2 rings (SSSR count). The molecule has 1 N–H and O–H groups in total. The summed E-state index contributed by atoms with van der Waals surface area (Å²) in [5.41, 5.74) is -0.458. The van der Waals surface area contributed by atoms with E-state index in [9.17, 15) is 13.2 Å². The molecule has 1 saturated carbocycles. The number of nitrogens with zero attached hydrogens (tertiary/aromatic N) is 1. The molecule has 0 bridgehead atoms. The summed E-state index contributed by atoms with van der Waals surface area (Å²) in [6.45, 7) is 0.149. The van der Waals surface area contributed by atoms with Crippen molar-refractivity contribution in [2.75, 3.05) is 6.54 Å². The third-order valence-corrected chi connectivity index (χ3v) is 3.46. The topological polar surface area (TPSA) is 35.8 Å². The van der Waals surface area contributed by atoms with Crippen LogP contribution in [0.15, 0.2) is 24.3 Å². The molecule has 96 valence electrons. The lowest BCUT2D eigenvalue weighted by Crippen LogP contribution is -2.48. The molecular formula is C13H13F3N2. The van der Waals surface area contributed by atoms with Crippen molar-refractivity contribution in [2.45, 2.75) is 31.0 Å². The summed E-state index contributed by atoms with van der Waals surface area (Å²) < 4.78 is 38.0. The lowest BCUT2D eigenvalue weighted by atomic mass is 9.71. The summed E-state index contributed by atoms with van der Waals surface area (Å²) in [7, 11) is 0. The number of hydrogen-bond donors (Lipinski definition) is 1. The van der Waals surface area contributed by atoms with Gasteiger partial charge in [0.05, 0.1) is 18.2 Å². The first-order valence-electron chi connectivity index (χ1n) is 5.78. The first-order valence-corrected chi connectivity index (χ1v) is 5.78. The number of nitriles is 1. The van der Waals surface area contributed by atoms with Gasteiger partial charge in [0.25, 0.3) is 0 Å². The smallest absolute Gasteiger partial charge is 0.295 e. The number of hydrogen-bond acceptors (Lipinski definition) is 2. The van der Waals surface area contributed by atoms with Crippen LogP contribution in [0, 0.1) is 11.3 Å². The van der Waals surface area contributed by atoms with Gasteiger partial charge in [-0.15, -0.1) is 0 Å². The maximum absolute atomic E-state index is 12.7. The maximum atomic E-state index is 12.7. The van der Waals surface area contributed by atoms with Gasteiger partial charge < -0.3 is 0 Å². The van der Waals surface area contributed by atoms with E-state index in [1.54, 1.807) is 6.07 Å². The summed E-state index contributed by atoms with van der Waals surface area (Å²) in [4.78, 5) is 0. The zero-order valence-corrected chi connectivity index (χ0v) is 9.72. The highest BCUT2D eigenvalue weighted by Crippen LogP contribution is 2.42. The highest BCUT2D eigenvalue weighted by atomic mass is 19.4. The molecule has 0 spiro atoms. The molecule has 0 aliphatic heterocycles. The van der Waals surface area contributed by atoms with Gasteiger partial charge in [-0.25, -0.2) is 0 Å². The average Bonchev–Trinajstić information content (AvgIpc) is 2.27. The van der Waals surface area contributed by atoms with Gasteiger partial charge >= 0.3 is 6.18 Å². The van der Waals surface area contributed by atoms with E-state index in [4.69, 9.17) is 5.26 Å². The fourth-order valence-corrected chi connectivity index (χ4v) is 2.30. The molecule has 0 aromatic heterocycles. The van der Waals surface area contributed by atoms with Gasteiger partial charge in [0, 0.05) is 5.54 Å². The van der Waals surface area contributed by atoms with Crippen LogP contribution in [-0.4, -0.2) is 6.54 Å². The van der Waals surface area contributed by atoms with Crippen molar-refractivity contribution in [1.29, 1.82) is 5.26 Å². The molecule has 0 saturated heterocycles. The minimum Gasteiger partial charge on any atom is -0.295 e. The molecule has 0 atom stereocenters. The molecule has 1 aliphatic carbocycles. The second-order valence-electron chi connectivity index (χ2n) is 4.53. The van der Waals surface area contributed by atoms with Crippen LogP contribution in [0.5, 0.6) is 0 Å². The van der Waals surface area contributed by atoms with Crippen LogP contribution in [0.3, 0.4) is 0 Å². The number of rotatable bonds is 3. The number of benzene rings is 1. The van der Waals surface area contributed by atoms with E-state index in [0.717, 1.165) is 25.3 Å². The van der Waals surface area contributed by atoms with Crippen molar-refractivity contribution in [2.24, 2.45) is 0 Å². The molecule has 5 heteroatoms. The Hall–Kier alpha value is -1.54. The fourth-order valence-electron chi connectivity index (χ4n) is 2.30. The van der Waals surface area contributed by atoms with Crippen molar-refractivity contribution < 1.29 is 13.2 Å². The third kappa shape index (κ3) is 2.34. The largest absolute Gasteiger partial charge is 0.416 e. The van der Waals surface area contributed by atoms with Crippen LogP contribution < -0.4 is 5.32 Å². The first-order chi connectivity index (χ1) is 8.48. The van der Waals surface area contributed by atoms with Crippen LogP contribution in [0.2, 0.25) is 0 Å². The molecule has 0 radical (unpaired) electrons. The Kier molecular flexibility index (Phi) is 3.31. The van der Waals surface area contributed by atoms with Crippen LogP contribution >= 0.6 is 0 Å². The van der Waals surface area contributed by atoms with Crippen molar-refractivity contribution >= 4 is 0 Å². The second kappa shape index (κ2) is 4.62. The Labute approximate surface area is 103 Å². The van der Waals surface area contributed by atoms with Crippen LogP contribution in [0.25, 0.3) is 0 Å². The lowest BCUT2D eigenvalue weighted by Gasteiger charge is -2.43. The summed E-state index contributed by atoms with van der Waals surface area (Å²) in [6.07, 6.45) is -1.81. The van der Waals surface area contributed by atoms with Crippen molar-refractivity contribution in [3.8, 4) is 6.07 Å². The molecular weight excluding hydrogens is 241 g/mol. The second-order valence-corrected chi connectivity index (χ2v) is 4.53. The zero-order valence-electron chi connectivity index (χ0n) is 9.72. The van der Waals surface area contributed by atoms with Crippen LogP contribution in [0.1, 0.15) is 30.4 Å². The zero-order chi connectivity index (χ0) is 13.2. The Balaban J connectivity index is 2.30. The normalized spacial score (nSPS) is 17.9. The highest BCUT2D eigenvalue weighted by molar-refractivity contribution is 5.33. The van der Waals surface area contributed by atoms with Gasteiger partial charge in [0.15, 0.2) is 0 Å². The Morgan fingerprint density at radius 2 is 2.06 bits per heavy atom. The van der Waals surface area contributed by atoms with Gasteiger partial charge in [-0.2, -0.15) is 18.4 Å². The monoisotopic (exact) mass is 254 g/mol. The molecule has 0 heterocycles. The predicted molar refractivity (Wildman–Crippen MR) is 60.6 cm³/mol. The summed E-state index contributed by atoms with van der Waals surface area (Å²) in [5.74, 6) is 0. The molecule has 1 aliphatic rings. The third-order valence-electron chi connectivity index (χ3n) is 3.46. The van der Waals surface area contributed by atoms with Gasteiger partial charge in [0.2, 0.25) is 0 Å². The Morgan fingerprint density at radius 1 is 1.33 bits per heavy atom. The van der Waals surface area contributed by atoms with Gasteiger partial charge in [-0.3, -0.25) is 5.32 Å². The fraction of sp³-hybridized carbons (Fsp3) is 0.462. The predicted octanol–water partition coefficient (Wildman–Crippen LogP) is 3.20. The van der Waals surface area contributed by atoms with Gasteiger partial charge in [0.1, 0.15) is 0 Å². The summed E-state index contributed by atoms with van der Waals surface area (Å²) >= 11 is 0. The Bertz CT molecular complexity index is 470. The average molecular weight is 254 g/mol. The molecule has 1 fully saturated rings. The standard InChI is InChI=1S/C13H13F3N2/c14-13(15,16)11-4-1-3-10(9-11)12(5-2-6-12)18-8-7-17/h1,3-4,9,18H,2,5-6,8H2. The van der Waals surface area contributed by atoms with Crippen molar-refractivity contribution in [3.05, 3.63) is 35.4 Å². The summed E-state index contributed by atoms with van der Waals surface area (Å²) in [6, 6.07) is 7.34. The van der Waals surface area contributed by atoms with E-state index in [-0.39, 0.29) is 6.54 Å². The first kappa shape index (κ1) is 12.9. The molecule has 1 aromatic carbocycles. The van der Waals surface area contributed by atoms with E-state index in [2.05, 4.69) is 5.32 Å². The molecule has 18 heavy (non-hydrogen) atoms. The number of alkyl halides is 3. The van der Waals surface area contributed by atoms with E-state index < -0.39 is 17.3 Å². The van der Waals surface area contributed by atoms with E-state index in [1.165, 1.54) is 12.1 Å². The van der Waals surface area contributed by atoms with Crippen LogP contribution in [-0.2, 0) is 11.7 Å². The highest BCUT2D eigenvalue weighted by Gasteiger charge is 2.39.